The molecule has 2 unspecified atom stereocenters. The van der Waals surface area contributed by atoms with Crippen LogP contribution in [0.3, 0.4) is 0 Å². The lowest BCUT2D eigenvalue weighted by Crippen LogP contribution is -2.57. The molecule has 1 aliphatic rings. The fraction of sp³-hybridized carbons (Fsp3) is 0.588. The molecule has 3 N–H and O–H groups in total. The Morgan fingerprint density at radius 2 is 2.04 bits per heavy atom. The lowest BCUT2D eigenvalue weighted by molar-refractivity contribution is -0.126. The second-order valence-corrected chi connectivity index (χ2v) is 7.87. The van der Waals surface area contributed by atoms with Crippen LogP contribution in [0.1, 0.15) is 49.0 Å². The molecule has 27 heavy (non-hydrogen) atoms. The average Bonchev–Trinajstić information content (AvgIpc) is 2.91. The highest BCUT2D eigenvalue weighted by Gasteiger charge is 2.32. The number of urea groups is 1. The molecular weight excluding hydrogens is 372 g/mol. The van der Waals surface area contributed by atoms with Crippen LogP contribution in [0.4, 0.5) is 9.93 Å². The predicted octanol–water partition coefficient (Wildman–Crippen LogP) is 1.83. The first-order valence-corrected chi connectivity index (χ1v) is 9.54. The van der Waals surface area contributed by atoms with Gasteiger partial charge in [-0.2, -0.15) is 0 Å². The van der Waals surface area contributed by atoms with Gasteiger partial charge in [-0.1, -0.05) is 25.2 Å². The molecule has 0 aromatic carbocycles. The first-order chi connectivity index (χ1) is 12.7. The standard InChI is InChI=1S/C17H24N4O5S/c1-8(2)7-26-15(24)13-10(4)19-17(27-13)20-12(22)6-5-11-9(3)18-16(25)21-14(11)23/h8-9,11H,5-7H2,1-4H3,(H,19,20,22)(H2,18,21,23,25). The van der Waals surface area contributed by atoms with Gasteiger partial charge in [0.2, 0.25) is 11.8 Å². The number of esters is 1. The summed E-state index contributed by atoms with van der Waals surface area (Å²) in [4.78, 5) is 51.8. The quantitative estimate of drug-likeness (QED) is 0.604. The molecule has 2 atom stereocenters. The minimum atomic E-state index is -0.525. The number of carbonyl (C=O) groups is 4. The molecule has 10 heteroatoms. The average molecular weight is 396 g/mol. The van der Waals surface area contributed by atoms with E-state index in [1.165, 1.54) is 0 Å². The maximum atomic E-state index is 12.2. The summed E-state index contributed by atoms with van der Waals surface area (Å²) in [5.74, 6) is -1.41. The number of amides is 4. The Morgan fingerprint density at radius 1 is 1.33 bits per heavy atom. The van der Waals surface area contributed by atoms with E-state index < -0.39 is 17.9 Å². The smallest absolute Gasteiger partial charge is 0.350 e. The molecule has 148 valence electrons. The van der Waals surface area contributed by atoms with Gasteiger partial charge >= 0.3 is 12.0 Å². The van der Waals surface area contributed by atoms with E-state index in [0.29, 0.717) is 22.3 Å². The van der Waals surface area contributed by atoms with Crippen molar-refractivity contribution in [2.75, 3.05) is 11.9 Å². The molecule has 1 aromatic heterocycles. The Labute approximate surface area is 161 Å². The summed E-state index contributed by atoms with van der Waals surface area (Å²) in [5, 5.41) is 7.76. The molecule has 0 bridgehead atoms. The first kappa shape index (κ1) is 20.8. The van der Waals surface area contributed by atoms with Crippen LogP contribution in [0, 0.1) is 18.8 Å². The van der Waals surface area contributed by atoms with E-state index >= 15 is 0 Å². The molecule has 1 fully saturated rings. The highest BCUT2D eigenvalue weighted by Crippen LogP contribution is 2.24. The third kappa shape index (κ3) is 5.75. The highest BCUT2D eigenvalue weighted by atomic mass is 32.1. The van der Waals surface area contributed by atoms with Crippen molar-refractivity contribution in [2.24, 2.45) is 11.8 Å². The van der Waals surface area contributed by atoms with Gasteiger partial charge in [-0.25, -0.2) is 14.6 Å². The Morgan fingerprint density at radius 3 is 2.67 bits per heavy atom. The molecule has 9 nitrogen and oxygen atoms in total. The van der Waals surface area contributed by atoms with Gasteiger partial charge in [0.1, 0.15) is 4.88 Å². The van der Waals surface area contributed by atoms with Crippen LogP contribution >= 0.6 is 11.3 Å². The number of aryl methyl sites for hydroxylation is 1. The molecule has 0 aliphatic carbocycles. The number of thiazole rings is 1. The SMILES string of the molecule is Cc1nc(NC(=O)CCC2C(=O)NC(=O)NC2C)sc1C(=O)OCC(C)C. The van der Waals surface area contributed by atoms with Crippen molar-refractivity contribution in [3.8, 4) is 0 Å². The Kier molecular flexibility index (Phi) is 6.89. The zero-order valence-corrected chi connectivity index (χ0v) is 16.6. The van der Waals surface area contributed by atoms with Crippen LogP contribution in [0.2, 0.25) is 0 Å². The van der Waals surface area contributed by atoms with Crippen LogP contribution in [-0.4, -0.2) is 41.4 Å². The van der Waals surface area contributed by atoms with Crippen molar-refractivity contribution in [1.29, 1.82) is 0 Å². The van der Waals surface area contributed by atoms with Crippen LogP contribution in [0.15, 0.2) is 0 Å². The molecule has 2 rings (SSSR count). The summed E-state index contributed by atoms with van der Waals surface area (Å²) in [6.07, 6.45) is 0.372. The first-order valence-electron chi connectivity index (χ1n) is 8.73. The number of nitrogens with zero attached hydrogens (tertiary/aromatic N) is 1. The third-order valence-electron chi connectivity index (χ3n) is 3.99. The number of rotatable bonds is 7. The van der Waals surface area contributed by atoms with E-state index in [1.54, 1.807) is 13.8 Å². The minimum absolute atomic E-state index is 0.0874. The van der Waals surface area contributed by atoms with Gasteiger partial charge < -0.3 is 15.4 Å². The van der Waals surface area contributed by atoms with Crippen LogP contribution in [-0.2, 0) is 14.3 Å². The maximum absolute atomic E-state index is 12.2. The number of imide groups is 1. The second kappa shape index (κ2) is 8.94. The largest absolute Gasteiger partial charge is 0.461 e. The number of hydrogen-bond acceptors (Lipinski definition) is 7. The van der Waals surface area contributed by atoms with Crippen molar-refractivity contribution < 1.29 is 23.9 Å². The zero-order valence-electron chi connectivity index (χ0n) is 15.8. The van der Waals surface area contributed by atoms with E-state index in [4.69, 9.17) is 4.74 Å². The molecule has 1 aliphatic heterocycles. The maximum Gasteiger partial charge on any atom is 0.350 e. The summed E-state index contributed by atoms with van der Waals surface area (Å²) < 4.78 is 5.19. The van der Waals surface area contributed by atoms with E-state index in [9.17, 15) is 19.2 Å². The number of anilines is 1. The second-order valence-electron chi connectivity index (χ2n) is 6.87. The van der Waals surface area contributed by atoms with Crippen molar-refractivity contribution in [1.82, 2.24) is 15.6 Å². The lowest BCUT2D eigenvalue weighted by Gasteiger charge is -2.28. The lowest BCUT2D eigenvalue weighted by atomic mass is 9.93. The molecule has 0 spiro atoms. The normalized spacial score (nSPS) is 19.4. The number of carbonyl (C=O) groups excluding carboxylic acids is 4. The highest BCUT2D eigenvalue weighted by molar-refractivity contribution is 7.17. The van der Waals surface area contributed by atoms with Gasteiger partial charge in [-0.3, -0.25) is 14.9 Å². The van der Waals surface area contributed by atoms with Crippen LogP contribution < -0.4 is 16.0 Å². The van der Waals surface area contributed by atoms with E-state index in [0.717, 1.165) is 11.3 Å². The van der Waals surface area contributed by atoms with Crippen molar-refractivity contribution in [2.45, 2.75) is 46.6 Å². The Bertz CT molecular complexity index is 746. The van der Waals surface area contributed by atoms with Gasteiger partial charge in [-0.05, 0) is 26.2 Å². The van der Waals surface area contributed by atoms with Crippen molar-refractivity contribution >= 4 is 40.3 Å². The fourth-order valence-corrected chi connectivity index (χ4v) is 3.45. The molecule has 4 amide bonds. The Hall–Kier alpha value is -2.49. The number of nitrogens with one attached hydrogen (secondary N) is 3. The van der Waals surface area contributed by atoms with E-state index in [-0.39, 0.29) is 36.6 Å². The Balaban J connectivity index is 1.89. The van der Waals surface area contributed by atoms with Gasteiger partial charge in [-0.15, -0.1) is 0 Å². The van der Waals surface area contributed by atoms with E-state index in [1.807, 2.05) is 13.8 Å². The summed E-state index contributed by atoms with van der Waals surface area (Å²) >= 11 is 1.06. The number of aromatic nitrogens is 1. The number of hydrogen-bond donors (Lipinski definition) is 3. The molecular formula is C17H24N4O5S. The van der Waals surface area contributed by atoms with Crippen molar-refractivity contribution in [3.05, 3.63) is 10.6 Å². The monoisotopic (exact) mass is 396 g/mol. The van der Waals surface area contributed by atoms with Crippen LogP contribution in [0.5, 0.6) is 0 Å². The summed E-state index contributed by atoms with van der Waals surface area (Å²) in [6, 6.07) is -0.869. The van der Waals surface area contributed by atoms with Gasteiger partial charge in [0.15, 0.2) is 5.13 Å². The zero-order chi connectivity index (χ0) is 20.1. The summed E-state index contributed by atoms with van der Waals surface area (Å²) in [5.41, 5.74) is 0.493. The summed E-state index contributed by atoms with van der Waals surface area (Å²) in [6.45, 7) is 7.60. The molecule has 0 radical (unpaired) electrons. The van der Waals surface area contributed by atoms with Gasteiger partial charge in [0, 0.05) is 12.5 Å². The predicted molar refractivity (Wildman–Crippen MR) is 99.5 cm³/mol. The molecule has 0 saturated carbocycles. The topological polar surface area (TPSA) is 126 Å². The molecule has 2 heterocycles. The summed E-state index contributed by atoms with van der Waals surface area (Å²) in [7, 11) is 0. The molecule has 1 aromatic rings. The minimum Gasteiger partial charge on any atom is -0.461 e. The van der Waals surface area contributed by atoms with E-state index in [2.05, 4.69) is 20.9 Å². The van der Waals surface area contributed by atoms with Gasteiger partial charge in [0.25, 0.3) is 0 Å². The van der Waals surface area contributed by atoms with Crippen molar-refractivity contribution in [3.63, 3.8) is 0 Å². The van der Waals surface area contributed by atoms with Crippen LogP contribution in [0.25, 0.3) is 0 Å². The molecule has 1 saturated heterocycles. The fourth-order valence-electron chi connectivity index (χ4n) is 2.57. The number of ether oxygens (including phenoxy) is 1. The van der Waals surface area contributed by atoms with Gasteiger partial charge in [0.05, 0.1) is 18.2 Å². The third-order valence-corrected chi connectivity index (χ3v) is 5.05.